The highest BCUT2D eigenvalue weighted by Crippen LogP contribution is 2.19. The van der Waals surface area contributed by atoms with Gasteiger partial charge in [-0.2, -0.15) is 0 Å². The number of benzene rings is 1. The standard InChI is InChI=1S/C19H18FNO4S/c1-12(19(24)17-9-8-15(26-17)11-21-13(2)22)25-18(23)10-7-14-5-3-4-6-16(14)20/h3-10,12H,11H2,1-2H3,(H,21,22)/b10-7+. The number of ether oxygens (including phenoxy) is 1. The highest BCUT2D eigenvalue weighted by atomic mass is 32.1. The maximum Gasteiger partial charge on any atom is 0.331 e. The van der Waals surface area contributed by atoms with Crippen molar-refractivity contribution < 1.29 is 23.5 Å². The number of rotatable bonds is 7. The Labute approximate surface area is 154 Å². The summed E-state index contributed by atoms with van der Waals surface area (Å²) in [5.41, 5.74) is 0.254. The average Bonchev–Trinajstić information content (AvgIpc) is 3.07. The van der Waals surface area contributed by atoms with Crippen molar-refractivity contribution in [3.05, 3.63) is 63.6 Å². The number of esters is 1. The van der Waals surface area contributed by atoms with E-state index in [-0.39, 0.29) is 17.3 Å². The lowest BCUT2D eigenvalue weighted by Gasteiger charge is -2.09. The molecule has 0 saturated heterocycles. The minimum atomic E-state index is -0.972. The second kappa shape index (κ2) is 9.05. The summed E-state index contributed by atoms with van der Waals surface area (Å²) in [6.07, 6.45) is 1.41. The minimum Gasteiger partial charge on any atom is -0.451 e. The molecule has 1 heterocycles. The number of carbonyl (C=O) groups excluding carboxylic acids is 3. The number of carbonyl (C=O) groups is 3. The molecular formula is C19H18FNO4S. The number of nitrogens with one attached hydrogen (secondary N) is 1. The molecule has 0 aliphatic heterocycles. The topological polar surface area (TPSA) is 72.5 Å². The molecule has 0 aliphatic rings. The number of hydrogen-bond acceptors (Lipinski definition) is 5. The summed E-state index contributed by atoms with van der Waals surface area (Å²) in [6, 6.07) is 9.37. The fourth-order valence-corrected chi connectivity index (χ4v) is 3.02. The van der Waals surface area contributed by atoms with Crippen LogP contribution in [0.1, 0.15) is 34.0 Å². The van der Waals surface area contributed by atoms with Crippen LogP contribution in [0.25, 0.3) is 6.08 Å². The van der Waals surface area contributed by atoms with E-state index in [1.807, 2.05) is 0 Å². The molecule has 0 spiro atoms. The molecular weight excluding hydrogens is 357 g/mol. The van der Waals surface area contributed by atoms with Gasteiger partial charge in [-0.25, -0.2) is 9.18 Å². The molecule has 1 N–H and O–H groups in total. The second-order valence-electron chi connectivity index (χ2n) is 5.47. The fraction of sp³-hybridized carbons (Fsp3) is 0.211. The van der Waals surface area contributed by atoms with Gasteiger partial charge in [0.25, 0.3) is 0 Å². The molecule has 1 amide bonds. The molecule has 0 bridgehead atoms. The highest BCUT2D eigenvalue weighted by Gasteiger charge is 2.20. The van der Waals surface area contributed by atoms with Crippen LogP contribution in [0.4, 0.5) is 4.39 Å². The van der Waals surface area contributed by atoms with E-state index in [0.29, 0.717) is 11.4 Å². The van der Waals surface area contributed by atoms with Crippen LogP contribution in [0.15, 0.2) is 42.5 Å². The second-order valence-corrected chi connectivity index (χ2v) is 6.64. The van der Waals surface area contributed by atoms with Crippen LogP contribution in [-0.2, 0) is 20.9 Å². The summed E-state index contributed by atoms with van der Waals surface area (Å²) in [5, 5.41) is 2.65. The van der Waals surface area contributed by atoms with Gasteiger partial charge in [0.2, 0.25) is 11.7 Å². The maximum absolute atomic E-state index is 13.5. The first-order valence-electron chi connectivity index (χ1n) is 7.87. The first-order valence-corrected chi connectivity index (χ1v) is 8.69. The molecule has 1 unspecified atom stereocenters. The molecule has 1 aromatic carbocycles. The first-order chi connectivity index (χ1) is 12.4. The molecule has 0 radical (unpaired) electrons. The molecule has 7 heteroatoms. The molecule has 2 aromatic rings. The molecule has 0 saturated carbocycles. The van der Waals surface area contributed by atoms with E-state index in [1.165, 1.54) is 43.4 Å². The minimum absolute atomic E-state index is 0.157. The van der Waals surface area contributed by atoms with E-state index < -0.39 is 17.9 Å². The number of amides is 1. The Morgan fingerprint density at radius 2 is 1.96 bits per heavy atom. The zero-order chi connectivity index (χ0) is 19.1. The van der Waals surface area contributed by atoms with Gasteiger partial charge in [0.15, 0.2) is 6.10 Å². The average molecular weight is 375 g/mol. The van der Waals surface area contributed by atoms with Crippen molar-refractivity contribution in [3.8, 4) is 0 Å². The van der Waals surface area contributed by atoms with E-state index in [9.17, 15) is 18.8 Å². The number of thiophene rings is 1. The van der Waals surface area contributed by atoms with E-state index >= 15 is 0 Å². The Morgan fingerprint density at radius 3 is 2.65 bits per heavy atom. The highest BCUT2D eigenvalue weighted by molar-refractivity contribution is 7.14. The molecule has 2 rings (SSSR count). The molecule has 26 heavy (non-hydrogen) atoms. The van der Waals surface area contributed by atoms with Crippen molar-refractivity contribution in [1.29, 1.82) is 0 Å². The van der Waals surface area contributed by atoms with Gasteiger partial charge in [-0.05, 0) is 31.2 Å². The lowest BCUT2D eigenvalue weighted by atomic mass is 10.2. The summed E-state index contributed by atoms with van der Waals surface area (Å²) in [7, 11) is 0. The van der Waals surface area contributed by atoms with Crippen molar-refractivity contribution in [2.45, 2.75) is 26.5 Å². The van der Waals surface area contributed by atoms with E-state index in [4.69, 9.17) is 4.74 Å². The number of hydrogen-bond donors (Lipinski definition) is 1. The quantitative estimate of drug-likeness (QED) is 0.458. The van der Waals surface area contributed by atoms with E-state index in [1.54, 1.807) is 24.3 Å². The van der Waals surface area contributed by atoms with Crippen molar-refractivity contribution in [2.75, 3.05) is 0 Å². The molecule has 0 fully saturated rings. The van der Waals surface area contributed by atoms with Crippen LogP contribution in [0.5, 0.6) is 0 Å². The molecule has 5 nitrogen and oxygen atoms in total. The van der Waals surface area contributed by atoms with Gasteiger partial charge in [0.05, 0.1) is 11.4 Å². The maximum atomic E-state index is 13.5. The zero-order valence-electron chi connectivity index (χ0n) is 14.3. The zero-order valence-corrected chi connectivity index (χ0v) is 15.1. The summed E-state index contributed by atoms with van der Waals surface area (Å²) >= 11 is 1.23. The lowest BCUT2D eigenvalue weighted by molar-refractivity contribution is -0.140. The number of halogens is 1. The van der Waals surface area contributed by atoms with Gasteiger partial charge in [0.1, 0.15) is 5.82 Å². The Bertz CT molecular complexity index is 844. The summed E-state index contributed by atoms with van der Waals surface area (Å²) in [5.74, 6) is -1.68. The molecule has 0 aliphatic carbocycles. The lowest BCUT2D eigenvalue weighted by Crippen LogP contribution is -2.22. The number of Topliss-reactive ketones (excluding diaryl/α,β-unsaturated/α-hetero) is 1. The fourth-order valence-electron chi connectivity index (χ4n) is 2.05. The largest absolute Gasteiger partial charge is 0.451 e. The van der Waals surface area contributed by atoms with Gasteiger partial charge < -0.3 is 10.1 Å². The number of ketones is 1. The van der Waals surface area contributed by atoms with Gasteiger partial charge in [-0.1, -0.05) is 18.2 Å². The van der Waals surface area contributed by atoms with Crippen LogP contribution in [-0.4, -0.2) is 23.8 Å². The first kappa shape index (κ1) is 19.5. The van der Waals surface area contributed by atoms with Crippen LogP contribution >= 0.6 is 11.3 Å². The summed E-state index contributed by atoms with van der Waals surface area (Å²) in [6.45, 7) is 3.23. The predicted octanol–water partition coefficient (Wildman–Crippen LogP) is 3.35. The van der Waals surface area contributed by atoms with Gasteiger partial charge >= 0.3 is 5.97 Å². The normalized spacial score (nSPS) is 12.0. The van der Waals surface area contributed by atoms with Crippen LogP contribution in [0.3, 0.4) is 0 Å². The summed E-state index contributed by atoms with van der Waals surface area (Å²) < 4.78 is 18.6. The monoisotopic (exact) mass is 375 g/mol. The van der Waals surface area contributed by atoms with Crippen molar-refractivity contribution >= 4 is 35.1 Å². The SMILES string of the molecule is CC(=O)NCc1ccc(C(=O)C(C)OC(=O)/C=C/c2ccccc2F)s1. The van der Waals surface area contributed by atoms with Crippen LogP contribution in [0.2, 0.25) is 0 Å². The smallest absolute Gasteiger partial charge is 0.331 e. The van der Waals surface area contributed by atoms with Crippen molar-refractivity contribution in [3.63, 3.8) is 0 Å². The van der Waals surface area contributed by atoms with Gasteiger partial charge in [-0.3, -0.25) is 9.59 Å². The van der Waals surface area contributed by atoms with Crippen molar-refractivity contribution in [1.82, 2.24) is 5.32 Å². The Balaban J connectivity index is 1.93. The van der Waals surface area contributed by atoms with Gasteiger partial charge in [-0.15, -0.1) is 11.3 Å². The van der Waals surface area contributed by atoms with E-state index in [0.717, 1.165) is 11.0 Å². The molecule has 1 atom stereocenters. The Kier molecular flexibility index (Phi) is 6.80. The van der Waals surface area contributed by atoms with Crippen LogP contribution in [0, 0.1) is 5.82 Å². The third kappa shape index (κ3) is 5.63. The van der Waals surface area contributed by atoms with E-state index in [2.05, 4.69) is 5.32 Å². The third-order valence-electron chi connectivity index (χ3n) is 3.38. The van der Waals surface area contributed by atoms with Gasteiger partial charge in [0, 0.05) is 23.4 Å². The Morgan fingerprint density at radius 1 is 1.23 bits per heavy atom. The Hall–Kier alpha value is -2.80. The molecule has 1 aromatic heterocycles. The predicted molar refractivity (Wildman–Crippen MR) is 97.2 cm³/mol. The summed E-state index contributed by atoms with van der Waals surface area (Å²) in [4.78, 5) is 36.3. The third-order valence-corrected chi connectivity index (χ3v) is 4.48. The molecule has 136 valence electrons. The van der Waals surface area contributed by atoms with Crippen LogP contribution < -0.4 is 5.32 Å². The van der Waals surface area contributed by atoms with Crippen molar-refractivity contribution in [2.24, 2.45) is 0 Å².